The molecule has 4 nitrogen and oxygen atoms in total. The second-order valence-electron chi connectivity index (χ2n) is 5.36. The van der Waals surface area contributed by atoms with Crippen LogP contribution in [0.5, 0.6) is 0 Å². The van der Waals surface area contributed by atoms with Crippen LogP contribution in [0.4, 0.5) is 0 Å². The Morgan fingerprint density at radius 3 is 2.47 bits per heavy atom. The lowest BCUT2D eigenvalue weighted by Gasteiger charge is -2.35. The number of ether oxygens (including phenoxy) is 1. The van der Waals surface area contributed by atoms with Crippen LogP contribution in [0.25, 0.3) is 0 Å². The van der Waals surface area contributed by atoms with Gasteiger partial charge in [-0.1, -0.05) is 0 Å². The van der Waals surface area contributed by atoms with Crippen molar-refractivity contribution >= 4 is 5.97 Å². The molecule has 17 heavy (non-hydrogen) atoms. The molecular weight excluding hydrogens is 216 g/mol. The second-order valence-corrected chi connectivity index (χ2v) is 5.36. The topological polar surface area (TPSA) is 41.6 Å². The molecule has 0 heterocycles. The number of carbonyl (C=O) groups is 1. The molecule has 0 aromatic carbocycles. The molecule has 1 unspecified atom stereocenters. The third kappa shape index (κ3) is 2.63. The highest BCUT2D eigenvalue weighted by Gasteiger charge is 2.52. The van der Waals surface area contributed by atoms with Crippen LogP contribution in [-0.4, -0.2) is 49.7 Å². The number of hydrogen-bond donors (Lipinski definition) is 1. The van der Waals surface area contributed by atoms with Crippen molar-refractivity contribution in [3.05, 3.63) is 0 Å². The summed E-state index contributed by atoms with van der Waals surface area (Å²) in [4.78, 5) is 14.6. The van der Waals surface area contributed by atoms with Gasteiger partial charge in [0.1, 0.15) is 5.54 Å². The Morgan fingerprint density at radius 1 is 1.41 bits per heavy atom. The molecule has 1 atom stereocenters. The number of likely N-dealkylation sites (N-methyl/N-ethyl adjacent to an activating group) is 2. The van der Waals surface area contributed by atoms with Crippen LogP contribution in [0.3, 0.4) is 0 Å². The third-order valence-corrected chi connectivity index (χ3v) is 4.03. The predicted molar refractivity (Wildman–Crippen MR) is 66.8 cm³/mol. The van der Waals surface area contributed by atoms with E-state index in [4.69, 9.17) is 4.74 Å². The predicted octanol–water partition coefficient (Wildman–Crippen LogP) is 1.01. The first kappa shape index (κ1) is 12.8. The fourth-order valence-electron chi connectivity index (χ4n) is 2.62. The molecule has 0 aliphatic heterocycles. The van der Waals surface area contributed by atoms with Gasteiger partial charge in [0, 0.05) is 12.6 Å². The van der Waals surface area contributed by atoms with Crippen LogP contribution in [0.2, 0.25) is 0 Å². The second kappa shape index (κ2) is 4.94. The first-order chi connectivity index (χ1) is 8.14. The first-order valence-electron chi connectivity index (χ1n) is 6.70. The Labute approximate surface area is 104 Å². The minimum absolute atomic E-state index is 0.0718. The van der Waals surface area contributed by atoms with Crippen LogP contribution in [0.15, 0.2) is 0 Å². The standard InChI is InChI=1S/C13H24N2O2/c1-4-17-12(16)13(14-2,10-5-6-10)9-15(3)11-7-8-11/h10-11,14H,4-9H2,1-3H3. The van der Waals surface area contributed by atoms with Crippen molar-refractivity contribution in [2.75, 3.05) is 27.2 Å². The van der Waals surface area contributed by atoms with E-state index in [1.165, 1.54) is 12.8 Å². The lowest BCUT2D eigenvalue weighted by Crippen LogP contribution is -2.60. The van der Waals surface area contributed by atoms with Crippen molar-refractivity contribution in [3.63, 3.8) is 0 Å². The van der Waals surface area contributed by atoms with Crippen molar-refractivity contribution in [2.45, 2.75) is 44.2 Å². The van der Waals surface area contributed by atoms with Crippen LogP contribution >= 0.6 is 0 Å². The molecule has 4 heteroatoms. The van der Waals surface area contributed by atoms with E-state index in [1.807, 2.05) is 14.0 Å². The summed E-state index contributed by atoms with van der Waals surface area (Å²) in [7, 11) is 4.00. The zero-order valence-corrected chi connectivity index (χ0v) is 11.2. The van der Waals surface area contributed by atoms with Crippen molar-refractivity contribution in [2.24, 2.45) is 5.92 Å². The SMILES string of the molecule is CCOC(=O)C(CN(C)C1CC1)(NC)C1CC1. The average molecular weight is 240 g/mol. The number of carbonyl (C=O) groups excluding carboxylic acids is 1. The zero-order valence-electron chi connectivity index (χ0n) is 11.2. The Hall–Kier alpha value is -0.610. The number of esters is 1. The van der Waals surface area contributed by atoms with E-state index in [0.717, 1.165) is 19.4 Å². The van der Waals surface area contributed by atoms with Gasteiger partial charge in [-0.15, -0.1) is 0 Å². The van der Waals surface area contributed by atoms with E-state index >= 15 is 0 Å². The molecule has 0 saturated heterocycles. The van der Waals surface area contributed by atoms with Crippen molar-refractivity contribution < 1.29 is 9.53 Å². The van der Waals surface area contributed by atoms with Crippen molar-refractivity contribution in [3.8, 4) is 0 Å². The fourth-order valence-corrected chi connectivity index (χ4v) is 2.62. The third-order valence-electron chi connectivity index (χ3n) is 4.03. The van der Waals surface area contributed by atoms with E-state index in [-0.39, 0.29) is 5.97 Å². The Kier molecular flexibility index (Phi) is 3.73. The summed E-state index contributed by atoms with van der Waals surface area (Å²) in [6.07, 6.45) is 4.81. The quantitative estimate of drug-likeness (QED) is 0.674. The van der Waals surface area contributed by atoms with Gasteiger partial charge in [-0.05, 0) is 52.6 Å². The summed E-state index contributed by atoms with van der Waals surface area (Å²) in [5.41, 5.74) is -0.479. The number of rotatable bonds is 7. The maximum atomic E-state index is 12.2. The maximum absolute atomic E-state index is 12.2. The smallest absolute Gasteiger partial charge is 0.327 e. The molecule has 2 fully saturated rings. The molecule has 0 aromatic rings. The van der Waals surface area contributed by atoms with Gasteiger partial charge < -0.3 is 15.0 Å². The number of hydrogen-bond acceptors (Lipinski definition) is 4. The highest BCUT2D eigenvalue weighted by Crippen LogP contribution is 2.41. The summed E-state index contributed by atoms with van der Waals surface area (Å²) < 4.78 is 5.27. The largest absolute Gasteiger partial charge is 0.465 e. The van der Waals surface area contributed by atoms with Crippen LogP contribution in [-0.2, 0) is 9.53 Å². The van der Waals surface area contributed by atoms with E-state index in [0.29, 0.717) is 18.6 Å². The molecule has 0 spiro atoms. The molecule has 0 aromatic heterocycles. The van der Waals surface area contributed by atoms with E-state index < -0.39 is 5.54 Å². The van der Waals surface area contributed by atoms with Gasteiger partial charge in [0.05, 0.1) is 6.61 Å². The van der Waals surface area contributed by atoms with E-state index in [2.05, 4.69) is 17.3 Å². The molecule has 2 rings (SSSR count). The van der Waals surface area contributed by atoms with E-state index in [9.17, 15) is 4.79 Å². The molecule has 2 saturated carbocycles. The van der Waals surface area contributed by atoms with Crippen molar-refractivity contribution in [1.82, 2.24) is 10.2 Å². The van der Waals surface area contributed by atoms with Gasteiger partial charge >= 0.3 is 5.97 Å². The summed E-state index contributed by atoms with van der Waals surface area (Å²) in [5, 5.41) is 3.26. The number of nitrogens with one attached hydrogen (secondary N) is 1. The van der Waals surface area contributed by atoms with Gasteiger partial charge in [0.25, 0.3) is 0 Å². The Morgan fingerprint density at radius 2 is 2.06 bits per heavy atom. The molecule has 2 aliphatic rings. The average Bonchev–Trinajstić information content (AvgIpc) is 3.19. The van der Waals surface area contributed by atoms with Crippen molar-refractivity contribution in [1.29, 1.82) is 0 Å². The summed E-state index contributed by atoms with van der Waals surface area (Å²) in [6, 6.07) is 0.677. The van der Waals surface area contributed by atoms with Gasteiger partial charge in [-0.25, -0.2) is 4.79 Å². The minimum atomic E-state index is -0.479. The summed E-state index contributed by atoms with van der Waals surface area (Å²) in [6.45, 7) is 3.11. The molecule has 0 amide bonds. The van der Waals surface area contributed by atoms with Crippen LogP contribution < -0.4 is 5.32 Å². The minimum Gasteiger partial charge on any atom is -0.465 e. The molecule has 0 bridgehead atoms. The molecular formula is C13H24N2O2. The fraction of sp³-hybridized carbons (Fsp3) is 0.923. The Bertz CT molecular complexity index is 287. The summed E-state index contributed by atoms with van der Waals surface area (Å²) >= 11 is 0. The lowest BCUT2D eigenvalue weighted by atomic mass is 9.92. The number of nitrogens with zero attached hydrogens (tertiary/aromatic N) is 1. The molecule has 98 valence electrons. The molecule has 1 N–H and O–H groups in total. The molecule has 0 radical (unpaired) electrons. The van der Waals surface area contributed by atoms with Crippen LogP contribution in [0.1, 0.15) is 32.6 Å². The normalized spacial score (nSPS) is 23.5. The van der Waals surface area contributed by atoms with Gasteiger partial charge in [0.15, 0.2) is 0 Å². The maximum Gasteiger partial charge on any atom is 0.327 e. The van der Waals surface area contributed by atoms with Crippen LogP contribution in [0, 0.1) is 5.92 Å². The highest BCUT2D eigenvalue weighted by atomic mass is 16.5. The zero-order chi connectivity index (χ0) is 12.5. The monoisotopic (exact) mass is 240 g/mol. The van der Waals surface area contributed by atoms with E-state index in [1.54, 1.807) is 0 Å². The highest BCUT2D eigenvalue weighted by molar-refractivity contribution is 5.82. The lowest BCUT2D eigenvalue weighted by molar-refractivity contribution is -0.153. The van der Waals surface area contributed by atoms with Gasteiger partial charge in [-0.3, -0.25) is 0 Å². The summed E-state index contributed by atoms with van der Waals surface area (Å²) in [5.74, 6) is 0.380. The van der Waals surface area contributed by atoms with Gasteiger partial charge in [-0.2, -0.15) is 0 Å². The van der Waals surface area contributed by atoms with Gasteiger partial charge in [0.2, 0.25) is 0 Å². The Balaban J connectivity index is 2.06. The molecule has 2 aliphatic carbocycles. The first-order valence-corrected chi connectivity index (χ1v) is 6.70.